The van der Waals surface area contributed by atoms with Crippen LogP contribution in [0.2, 0.25) is 0 Å². The van der Waals surface area contributed by atoms with Gasteiger partial charge in [-0.3, -0.25) is 9.13 Å². The predicted molar refractivity (Wildman–Crippen MR) is 166 cm³/mol. The Bertz CT molecular complexity index is 1570. The van der Waals surface area contributed by atoms with Crippen molar-refractivity contribution in [2.45, 2.75) is 104 Å². The van der Waals surface area contributed by atoms with Crippen molar-refractivity contribution in [1.82, 2.24) is 4.57 Å². The van der Waals surface area contributed by atoms with E-state index < -0.39 is 0 Å². The van der Waals surface area contributed by atoms with E-state index in [2.05, 4.69) is 130 Å². The Hall–Kier alpha value is -3.33. The van der Waals surface area contributed by atoms with Gasteiger partial charge >= 0.3 is 0 Å². The molecule has 40 heavy (non-hydrogen) atoms. The summed E-state index contributed by atoms with van der Waals surface area (Å²) in [4.78, 5) is 0. The quantitative estimate of drug-likeness (QED) is 0.206. The molecule has 1 N–H and O–H groups in total. The minimum Gasteiger partial charge on any atom is -0.511 e. The first-order valence-corrected chi connectivity index (χ1v) is 14.6. The fraction of sp³-hybridized carbons (Fsp3) is 0.432. The molecule has 3 aromatic carbocycles. The van der Waals surface area contributed by atoms with Gasteiger partial charge in [0.15, 0.2) is 0 Å². The minimum atomic E-state index is -0.184. The molecule has 0 bridgehead atoms. The van der Waals surface area contributed by atoms with Crippen molar-refractivity contribution in [1.29, 1.82) is 0 Å². The van der Waals surface area contributed by atoms with Crippen LogP contribution in [0, 0.1) is 6.33 Å². The van der Waals surface area contributed by atoms with Gasteiger partial charge in [0, 0.05) is 12.4 Å². The summed E-state index contributed by atoms with van der Waals surface area (Å²) in [5.74, 6) is 0.313. The number of imidazole rings is 1. The van der Waals surface area contributed by atoms with Crippen LogP contribution in [-0.4, -0.2) is 9.67 Å². The number of rotatable bonds is 3. The molecule has 1 heterocycles. The smallest absolute Gasteiger partial charge is 0.268 e. The van der Waals surface area contributed by atoms with Crippen LogP contribution in [0.4, 0.5) is 0 Å². The number of phenols is 1. The van der Waals surface area contributed by atoms with Crippen LogP contribution in [0.1, 0.15) is 104 Å². The van der Waals surface area contributed by atoms with Crippen LogP contribution in [-0.2, 0) is 21.7 Å². The molecule has 0 fully saturated rings. The predicted octanol–water partition coefficient (Wildman–Crippen LogP) is 8.87. The Labute approximate surface area is 241 Å². The molecular formula is C37H46N2O. The number of hydrogen-bond acceptors (Lipinski definition) is 1. The van der Waals surface area contributed by atoms with Crippen molar-refractivity contribution in [3.8, 4) is 28.3 Å². The average Bonchev–Trinajstić information content (AvgIpc) is 3.36. The molecule has 0 aliphatic heterocycles. The molecule has 5 rings (SSSR count). The fourth-order valence-corrected chi connectivity index (χ4v) is 6.01. The van der Waals surface area contributed by atoms with E-state index in [0.717, 1.165) is 16.9 Å². The molecule has 0 radical (unpaired) electrons. The van der Waals surface area contributed by atoms with Crippen molar-refractivity contribution in [2.75, 3.05) is 0 Å². The number of benzene rings is 3. The molecule has 3 heteroatoms. The van der Waals surface area contributed by atoms with Crippen molar-refractivity contribution in [3.63, 3.8) is 0 Å². The van der Waals surface area contributed by atoms with Crippen molar-refractivity contribution in [2.24, 2.45) is 0 Å². The zero-order valence-electron chi connectivity index (χ0n) is 26.1. The number of aromatic hydroxyl groups is 1. The highest BCUT2D eigenvalue weighted by Gasteiger charge is 2.37. The van der Waals surface area contributed by atoms with Gasteiger partial charge in [-0.05, 0) is 86.1 Å². The highest BCUT2D eigenvalue weighted by Crippen LogP contribution is 2.47. The van der Waals surface area contributed by atoms with E-state index in [1.807, 2.05) is 21.5 Å². The Kier molecular flexibility index (Phi) is 6.60. The van der Waals surface area contributed by atoms with Gasteiger partial charge in [-0.25, -0.2) is 0 Å². The second-order valence-corrected chi connectivity index (χ2v) is 15.1. The maximum absolute atomic E-state index is 11.4. The van der Waals surface area contributed by atoms with Gasteiger partial charge in [-0.1, -0.05) is 106 Å². The Morgan fingerprint density at radius 3 is 2.08 bits per heavy atom. The van der Waals surface area contributed by atoms with Crippen LogP contribution < -0.4 is 4.57 Å². The summed E-state index contributed by atoms with van der Waals surface area (Å²) in [5.41, 5.74) is 9.49. The first kappa shape index (κ1) is 28.2. The summed E-state index contributed by atoms with van der Waals surface area (Å²) in [6, 6.07) is 20.0. The lowest BCUT2D eigenvalue weighted by molar-refractivity contribution is -0.600. The lowest BCUT2D eigenvalue weighted by Crippen LogP contribution is -2.33. The zero-order valence-corrected chi connectivity index (χ0v) is 26.1. The van der Waals surface area contributed by atoms with E-state index in [9.17, 15) is 5.11 Å². The van der Waals surface area contributed by atoms with Crippen molar-refractivity contribution in [3.05, 3.63) is 95.6 Å². The molecule has 4 aromatic rings. The number of aromatic nitrogens is 2. The van der Waals surface area contributed by atoms with Gasteiger partial charge in [0.05, 0.1) is 5.69 Å². The minimum absolute atomic E-state index is 0.0431. The van der Waals surface area contributed by atoms with E-state index in [-0.39, 0.29) is 21.7 Å². The molecule has 0 saturated heterocycles. The molecule has 210 valence electrons. The second-order valence-electron chi connectivity index (χ2n) is 15.1. The molecule has 0 unspecified atom stereocenters. The molecule has 1 aromatic heterocycles. The molecule has 0 spiro atoms. The molecule has 1 aliphatic rings. The van der Waals surface area contributed by atoms with E-state index in [1.54, 1.807) is 0 Å². The topological polar surface area (TPSA) is 29.0 Å². The van der Waals surface area contributed by atoms with E-state index in [0.29, 0.717) is 5.75 Å². The standard InChI is InChI=1S/C37H46N2O/c1-34(2,3)27-22-31(35(4,5)6)33(40)32(23-27)39-19-18-38(24-39)28-13-11-12-25(20-28)26-14-15-29-30(21-26)37(9,10)17-16-36(29,7)8/h11-15,18-23,40H,16-17H2,1-10H3. The van der Waals surface area contributed by atoms with Gasteiger partial charge in [-0.15, -0.1) is 0 Å². The largest absolute Gasteiger partial charge is 0.511 e. The normalized spacial score (nSPS) is 16.6. The van der Waals surface area contributed by atoms with Crippen LogP contribution in [0.25, 0.3) is 22.5 Å². The number of nitrogens with zero attached hydrogens (tertiary/aromatic N) is 2. The van der Waals surface area contributed by atoms with Crippen LogP contribution in [0.15, 0.2) is 67.0 Å². The summed E-state index contributed by atoms with van der Waals surface area (Å²) >= 11 is 0. The third kappa shape index (κ3) is 5.11. The van der Waals surface area contributed by atoms with E-state index in [4.69, 9.17) is 0 Å². The van der Waals surface area contributed by atoms with E-state index in [1.165, 1.54) is 40.7 Å². The number of phenolic OH excluding ortho intramolecular Hbond substituents is 1. The molecular weight excluding hydrogens is 488 g/mol. The summed E-state index contributed by atoms with van der Waals surface area (Å²) in [6.45, 7) is 22.6. The highest BCUT2D eigenvalue weighted by atomic mass is 16.3. The monoisotopic (exact) mass is 534 g/mol. The Balaban J connectivity index is 1.55. The molecule has 0 saturated carbocycles. The van der Waals surface area contributed by atoms with Crippen LogP contribution >= 0.6 is 0 Å². The number of fused-ring (bicyclic) bond motifs is 1. The molecule has 3 nitrogen and oxygen atoms in total. The third-order valence-electron chi connectivity index (χ3n) is 8.91. The SMILES string of the molecule is CC(C)(C)c1cc(-[n+]2[c-]n(-c3cccc(-c4ccc5c(c4)C(C)(C)CCC5(C)C)c3)cc2)c(O)c(C(C)(C)C)c1. The molecule has 1 aliphatic carbocycles. The summed E-state index contributed by atoms with van der Waals surface area (Å²) in [7, 11) is 0. The average molecular weight is 535 g/mol. The zero-order chi connectivity index (χ0) is 29.3. The first-order chi connectivity index (χ1) is 18.5. The third-order valence-corrected chi connectivity index (χ3v) is 8.91. The lowest BCUT2D eigenvalue weighted by Gasteiger charge is -2.42. The van der Waals surface area contributed by atoms with Crippen LogP contribution in [0.3, 0.4) is 0 Å². The molecule has 0 amide bonds. The van der Waals surface area contributed by atoms with Gasteiger partial charge in [0.25, 0.3) is 6.33 Å². The lowest BCUT2D eigenvalue weighted by atomic mass is 9.63. The Morgan fingerprint density at radius 1 is 0.775 bits per heavy atom. The van der Waals surface area contributed by atoms with Crippen molar-refractivity contribution >= 4 is 0 Å². The molecule has 0 atom stereocenters. The highest BCUT2D eigenvalue weighted by molar-refractivity contribution is 5.68. The van der Waals surface area contributed by atoms with Gasteiger partial charge in [-0.2, -0.15) is 0 Å². The van der Waals surface area contributed by atoms with Crippen LogP contribution in [0.5, 0.6) is 5.75 Å². The van der Waals surface area contributed by atoms with Crippen molar-refractivity contribution < 1.29 is 9.67 Å². The summed E-state index contributed by atoms with van der Waals surface area (Å²) < 4.78 is 3.92. The van der Waals surface area contributed by atoms with Gasteiger partial charge in [0.1, 0.15) is 11.4 Å². The van der Waals surface area contributed by atoms with E-state index >= 15 is 0 Å². The van der Waals surface area contributed by atoms with Gasteiger partial charge in [0.2, 0.25) is 0 Å². The summed E-state index contributed by atoms with van der Waals surface area (Å²) in [6.07, 6.45) is 9.88. The maximum atomic E-state index is 11.4. The fourth-order valence-electron chi connectivity index (χ4n) is 6.01. The Morgan fingerprint density at radius 2 is 1.43 bits per heavy atom. The van der Waals surface area contributed by atoms with Gasteiger partial charge < -0.3 is 5.11 Å². The maximum Gasteiger partial charge on any atom is 0.268 e. The number of hydrogen-bond donors (Lipinski definition) is 1. The summed E-state index contributed by atoms with van der Waals surface area (Å²) in [5, 5.41) is 11.4. The second kappa shape index (κ2) is 9.36. The first-order valence-electron chi connectivity index (χ1n) is 14.6.